The maximum atomic E-state index is 12.3. The van der Waals surface area contributed by atoms with Crippen molar-refractivity contribution >= 4 is 33.1 Å². The number of aromatic nitrogens is 1. The Bertz CT molecular complexity index is 831. The molecule has 0 saturated carbocycles. The quantitative estimate of drug-likeness (QED) is 0.643. The Morgan fingerprint density at radius 1 is 1.29 bits per heavy atom. The summed E-state index contributed by atoms with van der Waals surface area (Å²) >= 11 is 1.45. The van der Waals surface area contributed by atoms with E-state index >= 15 is 0 Å². The number of hydrogen-bond donors (Lipinski definition) is 3. The summed E-state index contributed by atoms with van der Waals surface area (Å²) in [6.07, 6.45) is 1.57. The van der Waals surface area contributed by atoms with Crippen LogP contribution in [0.1, 0.15) is 20.1 Å². The van der Waals surface area contributed by atoms with E-state index < -0.39 is 10.0 Å². The lowest BCUT2D eigenvalue weighted by Gasteiger charge is -2.10. The first-order valence-corrected chi connectivity index (χ1v) is 9.63. The van der Waals surface area contributed by atoms with Gasteiger partial charge in [0.25, 0.3) is 5.91 Å². The predicted octanol–water partition coefficient (Wildman–Crippen LogP) is 1.51. The molecule has 2 rings (SSSR count). The molecule has 130 valence electrons. The van der Waals surface area contributed by atoms with E-state index in [0.29, 0.717) is 22.8 Å². The smallest absolute Gasteiger partial charge is 0.254 e. The largest absolute Gasteiger partial charge is 0.368 e. The van der Waals surface area contributed by atoms with Crippen molar-refractivity contribution in [2.24, 2.45) is 0 Å². The van der Waals surface area contributed by atoms with Crippen molar-refractivity contribution in [3.05, 3.63) is 39.7 Å². The molecule has 9 heteroatoms. The lowest BCUT2D eigenvalue weighted by molar-refractivity contribution is 0.0963. The van der Waals surface area contributed by atoms with Gasteiger partial charge in [-0.1, -0.05) is 0 Å². The maximum Gasteiger partial charge on any atom is 0.254 e. The number of hydrogen-bond acceptors (Lipinski definition) is 6. The van der Waals surface area contributed by atoms with Crippen molar-refractivity contribution in [1.82, 2.24) is 15.0 Å². The Morgan fingerprint density at radius 2 is 2.04 bits per heavy atom. The van der Waals surface area contributed by atoms with E-state index in [4.69, 9.17) is 0 Å². The molecule has 1 amide bonds. The summed E-state index contributed by atoms with van der Waals surface area (Å²) in [6.45, 7) is 4.15. The SMILES string of the molecule is CNC(=O)c1cccnc1NCCNS(=O)(=O)c1cc(C)sc1C. The minimum absolute atomic E-state index is 0.181. The van der Waals surface area contributed by atoms with Crippen LogP contribution in [0.3, 0.4) is 0 Å². The molecule has 2 aromatic rings. The average Bonchev–Trinajstić information content (AvgIpc) is 2.90. The van der Waals surface area contributed by atoms with Gasteiger partial charge in [-0.05, 0) is 32.0 Å². The van der Waals surface area contributed by atoms with Gasteiger partial charge in [0.05, 0.1) is 10.5 Å². The van der Waals surface area contributed by atoms with Crippen LogP contribution < -0.4 is 15.4 Å². The zero-order chi connectivity index (χ0) is 17.7. The van der Waals surface area contributed by atoms with Crippen LogP contribution in [0.5, 0.6) is 0 Å². The van der Waals surface area contributed by atoms with Crippen LogP contribution in [0.4, 0.5) is 5.82 Å². The molecule has 7 nitrogen and oxygen atoms in total. The van der Waals surface area contributed by atoms with Crippen molar-refractivity contribution in [1.29, 1.82) is 0 Å². The van der Waals surface area contributed by atoms with Crippen LogP contribution in [-0.4, -0.2) is 39.4 Å². The number of rotatable bonds is 7. The number of amides is 1. The molecule has 2 aromatic heterocycles. The number of thiophene rings is 1. The average molecular weight is 368 g/mol. The number of carbonyl (C=O) groups is 1. The van der Waals surface area contributed by atoms with Crippen molar-refractivity contribution in [3.8, 4) is 0 Å². The van der Waals surface area contributed by atoms with Gasteiger partial charge in [0, 0.05) is 36.1 Å². The molecule has 0 unspecified atom stereocenters. The van der Waals surface area contributed by atoms with Gasteiger partial charge in [-0.15, -0.1) is 11.3 Å². The van der Waals surface area contributed by atoms with Gasteiger partial charge in [-0.25, -0.2) is 18.1 Å². The lowest BCUT2D eigenvalue weighted by Crippen LogP contribution is -2.29. The third-order valence-electron chi connectivity index (χ3n) is 3.27. The summed E-state index contributed by atoms with van der Waals surface area (Å²) in [4.78, 5) is 17.9. The number of nitrogens with one attached hydrogen (secondary N) is 3. The Kier molecular flexibility index (Phi) is 5.92. The normalized spacial score (nSPS) is 11.3. The highest BCUT2D eigenvalue weighted by Gasteiger charge is 2.18. The zero-order valence-corrected chi connectivity index (χ0v) is 15.3. The molecule has 24 heavy (non-hydrogen) atoms. The van der Waals surface area contributed by atoms with Crippen LogP contribution in [0.15, 0.2) is 29.3 Å². The highest BCUT2D eigenvalue weighted by molar-refractivity contribution is 7.89. The summed E-state index contributed by atoms with van der Waals surface area (Å²) in [5.41, 5.74) is 0.409. The Balaban J connectivity index is 1.96. The molecule has 0 fully saturated rings. The van der Waals surface area contributed by atoms with Crippen molar-refractivity contribution in [3.63, 3.8) is 0 Å². The number of sulfonamides is 1. The molecule has 0 aliphatic rings. The first kappa shape index (κ1) is 18.4. The molecular formula is C15H20N4O3S2. The van der Waals surface area contributed by atoms with Crippen molar-refractivity contribution in [2.75, 3.05) is 25.5 Å². The lowest BCUT2D eigenvalue weighted by atomic mass is 10.2. The number of carbonyl (C=O) groups excluding carboxylic acids is 1. The first-order chi connectivity index (χ1) is 11.3. The van der Waals surface area contributed by atoms with Gasteiger partial charge >= 0.3 is 0 Å². The molecule has 0 bridgehead atoms. The zero-order valence-electron chi connectivity index (χ0n) is 13.7. The molecule has 0 aliphatic heterocycles. The van der Waals surface area contributed by atoms with Crippen molar-refractivity contribution < 1.29 is 13.2 Å². The predicted molar refractivity (Wildman–Crippen MR) is 95.1 cm³/mol. The van der Waals surface area contributed by atoms with Crippen LogP contribution in [0, 0.1) is 13.8 Å². The number of aryl methyl sites for hydroxylation is 2. The third-order valence-corrected chi connectivity index (χ3v) is 5.96. The second-order valence-corrected chi connectivity index (χ2v) is 8.28. The fourth-order valence-electron chi connectivity index (χ4n) is 2.18. The van der Waals surface area contributed by atoms with E-state index in [9.17, 15) is 13.2 Å². The summed E-state index contributed by atoms with van der Waals surface area (Å²) in [5.74, 6) is 0.161. The van der Waals surface area contributed by atoms with Gasteiger partial charge in [0.2, 0.25) is 10.0 Å². The Labute approximate surface area is 145 Å². The van der Waals surface area contributed by atoms with E-state index in [1.54, 1.807) is 38.4 Å². The third kappa shape index (κ3) is 4.31. The van der Waals surface area contributed by atoms with Crippen molar-refractivity contribution in [2.45, 2.75) is 18.7 Å². The van der Waals surface area contributed by atoms with Crippen LogP contribution in [-0.2, 0) is 10.0 Å². The van der Waals surface area contributed by atoms with Gasteiger partial charge in [-0.2, -0.15) is 0 Å². The standard InChI is InChI=1S/C15H20N4O3S2/c1-10-9-13(11(2)23-10)24(21,22)19-8-7-18-14-12(15(20)16-3)5-4-6-17-14/h4-6,9,19H,7-8H2,1-3H3,(H,16,20)(H,17,18). The Morgan fingerprint density at radius 3 is 2.67 bits per heavy atom. The highest BCUT2D eigenvalue weighted by Crippen LogP contribution is 2.24. The minimum Gasteiger partial charge on any atom is -0.368 e. The summed E-state index contributed by atoms with van der Waals surface area (Å²) in [7, 11) is -1.99. The highest BCUT2D eigenvalue weighted by atomic mass is 32.2. The number of anilines is 1. The molecule has 0 aromatic carbocycles. The molecule has 3 N–H and O–H groups in total. The fraction of sp³-hybridized carbons (Fsp3) is 0.333. The second-order valence-electron chi connectivity index (χ2n) is 5.08. The molecule has 0 spiro atoms. The summed E-state index contributed by atoms with van der Waals surface area (Å²) < 4.78 is 27.1. The van der Waals surface area contributed by atoms with Gasteiger partial charge in [0.1, 0.15) is 5.82 Å². The molecule has 0 aliphatic carbocycles. The summed E-state index contributed by atoms with van der Waals surface area (Å²) in [5, 5.41) is 5.51. The van der Waals surface area contributed by atoms with E-state index in [0.717, 1.165) is 9.75 Å². The van der Waals surface area contributed by atoms with Crippen LogP contribution in [0.25, 0.3) is 0 Å². The minimum atomic E-state index is -3.53. The first-order valence-electron chi connectivity index (χ1n) is 7.33. The molecule has 0 saturated heterocycles. The second kappa shape index (κ2) is 7.73. The topological polar surface area (TPSA) is 100 Å². The van der Waals surface area contributed by atoms with Gasteiger partial charge < -0.3 is 10.6 Å². The monoisotopic (exact) mass is 368 g/mol. The summed E-state index contributed by atoms with van der Waals surface area (Å²) in [6, 6.07) is 4.98. The van der Waals surface area contributed by atoms with Gasteiger partial charge in [-0.3, -0.25) is 4.79 Å². The fourth-order valence-corrected chi connectivity index (χ4v) is 4.77. The van der Waals surface area contributed by atoms with E-state index in [1.165, 1.54) is 11.3 Å². The molecule has 0 atom stereocenters. The molecule has 2 heterocycles. The molecule has 0 radical (unpaired) electrons. The number of pyridine rings is 1. The van der Waals surface area contributed by atoms with Gasteiger partial charge in [0.15, 0.2) is 0 Å². The molecular weight excluding hydrogens is 348 g/mol. The number of nitrogens with zero attached hydrogens (tertiary/aromatic N) is 1. The maximum absolute atomic E-state index is 12.3. The van der Waals surface area contributed by atoms with Crippen LogP contribution >= 0.6 is 11.3 Å². The van der Waals surface area contributed by atoms with E-state index in [-0.39, 0.29) is 12.5 Å². The van der Waals surface area contributed by atoms with E-state index in [2.05, 4.69) is 20.3 Å². The van der Waals surface area contributed by atoms with Crippen LogP contribution in [0.2, 0.25) is 0 Å². The van der Waals surface area contributed by atoms with E-state index in [1.807, 2.05) is 6.92 Å². The Hall–Kier alpha value is -1.97.